The van der Waals surface area contributed by atoms with Crippen molar-refractivity contribution in [1.29, 1.82) is 0 Å². The molecule has 4 rings (SSSR count). The van der Waals surface area contributed by atoms with Gasteiger partial charge in [-0.25, -0.2) is 0 Å². The molecule has 0 unspecified atom stereocenters. The summed E-state index contributed by atoms with van der Waals surface area (Å²) >= 11 is 0. The minimum Gasteiger partial charge on any atom is -0.456 e. The van der Waals surface area contributed by atoms with E-state index in [0.29, 0.717) is 0 Å². The van der Waals surface area contributed by atoms with Gasteiger partial charge in [0, 0.05) is 10.8 Å². The van der Waals surface area contributed by atoms with Gasteiger partial charge in [0.1, 0.15) is 11.2 Å². The summed E-state index contributed by atoms with van der Waals surface area (Å²) in [5.74, 6) is 0. The van der Waals surface area contributed by atoms with Crippen LogP contribution in [0.2, 0.25) is 0 Å². The Hall–Kier alpha value is -2.28. The van der Waals surface area contributed by atoms with Crippen LogP contribution in [-0.4, -0.2) is 0 Å². The minimum atomic E-state index is 0.947. The van der Waals surface area contributed by atoms with Gasteiger partial charge in [-0.1, -0.05) is 43.0 Å². The third-order valence-corrected chi connectivity index (χ3v) is 3.61. The zero-order chi connectivity index (χ0) is 12.1. The largest absolute Gasteiger partial charge is 0.456 e. The maximum Gasteiger partial charge on any atom is 0.136 e. The van der Waals surface area contributed by atoms with Gasteiger partial charge in [0.15, 0.2) is 0 Å². The van der Waals surface area contributed by atoms with Crippen molar-refractivity contribution in [2.24, 2.45) is 0 Å². The number of para-hydroxylation sites is 1. The lowest BCUT2D eigenvalue weighted by molar-refractivity contribution is 0.668. The van der Waals surface area contributed by atoms with E-state index in [-0.39, 0.29) is 0 Å². The van der Waals surface area contributed by atoms with Crippen LogP contribution in [0.5, 0.6) is 0 Å². The molecule has 0 amide bonds. The highest BCUT2D eigenvalue weighted by Crippen LogP contribution is 2.38. The molecule has 1 aromatic heterocycles. The van der Waals surface area contributed by atoms with Gasteiger partial charge < -0.3 is 4.42 Å². The third-order valence-electron chi connectivity index (χ3n) is 3.61. The summed E-state index contributed by atoms with van der Waals surface area (Å²) in [6, 6.07) is 12.4. The van der Waals surface area contributed by atoms with Crippen molar-refractivity contribution in [2.45, 2.75) is 6.42 Å². The summed E-state index contributed by atoms with van der Waals surface area (Å²) in [6.45, 7) is 4.16. The van der Waals surface area contributed by atoms with Crippen LogP contribution >= 0.6 is 0 Å². The van der Waals surface area contributed by atoms with Crippen LogP contribution in [0.1, 0.15) is 11.1 Å². The molecule has 0 bridgehead atoms. The normalized spacial score (nSPS) is 14.3. The Labute approximate surface area is 105 Å². The van der Waals surface area contributed by atoms with E-state index in [2.05, 4.69) is 43.0 Å². The third kappa shape index (κ3) is 1.16. The highest BCUT2D eigenvalue weighted by atomic mass is 16.3. The van der Waals surface area contributed by atoms with E-state index in [9.17, 15) is 0 Å². The Morgan fingerprint density at radius 1 is 1.00 bits per heavy atom. The second-order valence-corrected chi connectivity index (χ2v) is 4.70. The van der Waals surface area contributed by atoms with Gasteiger partial charge in [0.2, 0.25) is 0 Å². The van der Waals surface area contributed by atoms with Gasteiger partial charge in [0.25, 0.3) is 0 Å². The highest BCUT2D eigenvalue weighted by Gasteiger charge is 2.16. The summed E-state index contributed by atoms with van der Waals surface area (Å²) < 4.78 is 5.90. The lowest BCUT2D eigenvalue weighted by Gasteiger charge is -2.13. The molecular weight excluding hydrogens is 220 g/mol. The first-order valence-electron chi connectivity index (χ1n) is 6.13. The molecule has 1 heterocycles. The summed E-state index contributed by atoms with van der Waals surface area (Å²) in [5.41, 5.74) is 5.56. The van der Waals surface area contributed by atoms with Crippen LogP contribution < -0.4 is 0 Å². The van der Waals surface area contributed by atoms with Crippen LogP contribution in [-0.2, 0) is 6.42 Å². The standard InChI is InChI=1S/C17H12O/c1-11-5-4-6-12-9-10-15-17(16(11)12)13-7-2-3-8-14(13)18-15/h2-5,7-10H,1,6H2. The van der Waals surface area contributed by atoms with Crippen molar-refractivity contribution < 1.29 is 4.42 Å². The first-order valence-corrected chi connectivity index (χ1v) is 6.13. The Morgan fingerprint density at radius 3 is 2.83 bits per heavy atom. The van der Waals surface area contributed by atoms with Gasteiger partial charge in [-0.05, 0) is 35.3 Å². The zero-order valence-corrected chi connectivity index (χ0v) is 9.94. The number of allylic oxidation sites excluding steroid dienone is 3. The lowest BCUT2D eigenvalue weighted by Crippen LogP contribution is -1.96. The molecule has 0 aliphatic heterocycles. The molecule has 18 heavy (non-hydrogen) atoms. The fraction of sp³-hybridized carbons (Fsp3) is 0.0588. The van der Waals surface area contributed by atoms with Crippen molar-refractivity contribution in [3.63, 3.8) is 0 Å². The van der Waals surface area contributed by atoms with Gasteiger partial charge in [-0.3, -0.25) is 0 Å². The summed E-state index contributed by atoms with van der Waals surface area (Å²) in [5, 5.41) is 2.39. The molecule has 0 saturated heterocycles. The van der Waals surface area contributed by atoms with Crippen molar-refractivity contribution in [2.75, 3.05) is 0 Å². The second-order valence-electron chi connectivity index (χ2n) is 4.70. The number of rotatable bonds is 0. The Bertz CT molecular complexity index is 818. The second kappa shape index (κ2) is 3.36. The number of fused-ring (bicyclic) bond motifs is 5. The van der Waals surface area contributed by atoms with Crippen molar-refractivity contribution in [3.05, 3.63) is 66.3 Å². The van der Waals surface area contributed by atoms with Crippen molar-refractivity contribution in [3.8, 4) is 0 Å². The van der Waals surface area contributed by atoms with Crippen LogP contribution in [0.4, 0.5) is 0 Å². The van der Waals surface area contributed by atoms with E-state index >= 15 is 0 Å². The van der Waals surface area contributed by atoms with Crippen LogP contribution in [0.25, 0.3) is 27.5 Å². The monoisotopic (exact) mass is 232 g/mol. The van der Waals surface area contributed by atoms with Crippen LogP contribution in [0, 0.1) is 0 Å². The predicted octanol–water partition coefficient (Wildman–Crippen LogP) is 4.71. The van der Waals surface area contributed by atoms with E-state index in [1.165, 1.54) is 21.9 Å². The maximum atomic E-state index is 5.90. The molecule has 2 aromatic carbocycles. The smallest absolute Gasteiger partial charge is 0.136 e. The molecule has 0 fully saturated rings. The van der Waals surface area contributed by atoms with Crippen LogP contribution in [0.3, 0.4) is 0 Å². The Balaban J connectivity index is 2.26. The molecule has 1 aliphatic rings. The molecule has 1 nitrogen and oxygen atoms in total. The van der Waals surface area contributed by atoms with E-state index in [0.717, 1.165) is 23.2 Å². The van der Waals surface area contributed by atoms with E-state index in [1.54, 1.807) is 0 Å². The average Bonchev–Trinajstić information content (AvgIpc) is 2.77. The Morgan fingerprint density at radius 2 is 1.89 bits per heavy atom. The number of hydrogen-bond acceptors (Lipinski definition) is 1. The van der Waals surface area contributed by atoms with Gasteiger partial charge >= 0.3 is 0 Å². The molecule has 86 valence electrons. The fourth-order valence-electron chi connectivity index (χ4n) is 2.81. The van der Waals surface area contributed by atoms with E-state index < -0.39 is 0 Å². The number of benzene rings is 2. The van der Waals surface area contributed by atoms with Crippen molar-refractivity contribution >= 4 is 27.5 Å². The van der Waals surface area contributed by atoms with Crippen molar-refractivity contribution in [1.82, 2.24) is 0 Å². The summed E-state index contributed by atoms with van der Waals surface area (Å²) in [7, 11) is 0. The molecule has 0 radical (unpaired) electrons. The van der Waals surface area contributed by atoms with E-state index in [1.807, 2.05) is 12.1 Å². The topological polar surface area (TPSA) is 13.1 Å². The quantitative estimate of drug-likeness (QED) is 0.547. The minimum absolute atomic E-state index is 0.947. The molecule has 3 aromatic rings. The lowest BCUT2D eigenvalue weighted by atomic mass is 9.90. The first kappa shape index (κ1) is 9.72. The SMILES string of the molecule is C=C1C=CCc2ccc3oc4ccccc4c3c21. The zero-order valence-electron chi connectivity index (χ0n) is 9.94. The maximum absolute atomic E-state index is 5.90. The predicted molar refractivity (Wildman–Crippen MR) is 75.6 cm³/mol. The molecule has 1 aliphatic carbocycles. The molecule has 0 atom stereocenters. The average molecular weight is 232 g/mol. The van der Waals surface area contributed by atoms with Gasteiger partial charge in [-0.2, -0.15) is 0 Å². The molecule has 0 spiro atoms. The fourth-order valence-corrected chi connectivity index (χ4v) is 2.81. The number of hydrogen-bond donors (Lipinski definition) is 0. The molecular formula is C17H12O. The highest BCUT2D eigenvalue weighted by molar-refractivity contribution is 6.11. The molecule has 0 N–H and O–H groups in total. The van der Waals surface area contributed by atoms with E-state index in [4.69, 9.17) is 4.42 Å². The molecule has 1 heteroatoms. The number of furan rings is 1. The van der Waals surface area contributed by atoms with Crippen LogP contribution in [0.15, 0.2) is 59.5 Å². The summed E-state index contributed by atoms with van der Waals surface area (Å²) in [6.07, 6.45) is 5.24. The Kier molecular flexibility index (Phi) is 1.81. The molecule has 0 saturated carbocycles. The summed E-state index contributed by atoms with van der Waals surface area (Å²) in [4.78, 5) is 0. The van der Waals surface area contributed by atoms with Gasteiger partial charge in [0.05, 0.1) is 0 Å². The van der Waals surface area contributed by atoms with Gasteiger partial charge in [-0.15, -0.1) is 0 Å². The first-order chi connectivity index (χ1) is 8.84.